The summed E-state index contributed by atoms with van der Waals surface area (Å²) < 4.78 is 38.2. The standard InChI is InChI=1S/C41H56N6O8S/c1-40(2,3)55-39(51)44-32(20-12-7-5-6-9-17-27-23-30(27)36(49)46-56(52,53)41(4)21-22-41)38(50)47-25-28(24-33(47)34(42)48)54-37-29-18-13-14-19-31(29)43-35(45-37)26-15-10-8-11-16-26/h8-11,15-17,27-28,30,32-33H,5-7,12-14,18-25H2,1-4H3,(H2,42,48)(H,44,51)(H,46,49)/b17-9-/t27-,28-,30+,32+,33+/m1/s1. The van der Waals surface area contributed by atoms with Gasteiger partial charge in [0.1, 0.15) is 23.8 Å². The Kier molecular flexibility index (Phi) is 12.4. The molecule has 4 amide bonds. The molecule has 0 bridgehead atoms. The van der Waals surface area contributed by atoms with Gasteiger partial charge in [-0.2, -0.15) is 4.98 Å². The van der Waals surface area contributed by atoms with E-state index in [0.717, 1.165) is 61.8 Å². The molecule has 3 fully saturated rings. The molecule has 0 spiro atoms. The Balaban J connectivity index is 1.05. The van der Waals surface area contributed by atoms with Crippen LogP contribution in [-0.2, 0) is 42.0 Å². The van der Waals surface area contributed by atoms with Gasteiger partial charge in [0, 0.05) is 23.5 Å². The van der Waals surface area contributed by atoms with E-state index in [1.54, 1.807) is 27.7 Å². The summed E-state index contributed by atoms with van der Waals surface area (Å²) in [6.45, 7) is 6.97. The van der Waals surface area contributed by atoms with Crippen LogP contribution >= 0.6 is 0 Å². The molecule has 1 aliphatic heterocycles. The lowest BCUT2D eigenvalue weighted by molar-refractivity contribution is -0.139. The average Bonchev–Trinajstić information content (AvgIpc) is 4.06. The second-order valence-corrected chi connectivity index (χ2v) is 19.1. The summed E-state index contributed by atoms with van der Waals surface area (Å²) in [5.41, 5.74) is 7.84. The summed E-state index contributed by atoms with van der Waals surface area (Å²) in [7, 11) is -3.64. The fourth-order valence-corrected chi connectivity index (χ4v) is 8.70. The van der Waals surface area contributed by atoms with Gasteiger partial charge in [-0.3, -0.25) is 19.1 Å². The number of rotatable bonds is 16. The topological polar surface area (TPSA) is 200 Å². The molecule has 4 N–H and O–H groups in total. The Hall–Kier alpha value is -4.53. The van der Waals surface area contributed by atoms with Crippen LogP contribution in [0.4, 0.5) is 4.79 Å². The van der Waals surface area contributed by atoms with Crippen molar-refractivity contribution in [1.29, 1.82) is 0 Å². The third kappa shape index (κ3) is 10.3. The van der Waals surface area contributed by atoms with E-state index in [9.17, 15) is 27.6 Å². The number of aryl methyl sites for hydroxylation is 1. The van der Waals surface area contributed by atoms with Crippen molar-refractivity contribution in [2.24, 2.45) is 17.6 Å². The number of benzene rings is 1. The van der Waals surface area contributed by atoms with E-state index < -0.39 is 62.4 Å². The van der Waals surface area contributed by atoms with Crippen molar-refractivity contribution >= 4 is 33.8 Å². The van der Waals surface area contributed by atoms with Gasteiger partial charge in [-0.1, -0.05) is 55.3 Å². The number of hydrogen-bond donors (Lipinski definition) is 3. The number of carbonyl (C=O) groups excluding carboxylic acids is 4. The van der Waals surface area contributed by atoms with Crippen molar-refractivity contribution in [3.05, 3.63) is 53.7 Å². The van der Waals surface area contributed by atoms with Gasteiger partial charge in [0.05, 0.1) is 17.0 Å². The Morgan fingerprint density at radius 3 is 2.46 bits per heavy atom. The number of primary amides is 1. The highest BCUT2D eigenvalue weighted by Crippen LogP contribution is 2.44. The molecule has 5 atom stereocenters. The number of likely N-dealkylation sites (tertiary alicyclic amines) is 1. The van der Waals surface area contributed by atoms with Crippen molar-refractivity contribution in [1.82, 2.24) is 24.9 Å². The summed E-state index contributed by atoms with van der Waals surface area (Å²) >= 11 is 0. The zero-order valence-electron chi connectivity index (χ0n) is 32.9. The number of nitrogens with one attached hydrogen (secondary N) is 2. The van der Waals surface area contributed by atoms with Crippen LogP contribution in [0.3, 0.4) is 0 Å². The number of ether oxygens (including phenoxy) is 2. The van der Waals surface area contributed by atoms with Crippen molar-refractivity contribution < 1.29 is 37.1 Å². The van der Waals surface area contributed by atoms with Crippen LogP contribution in [0.2, 0.25) is 0 Å². The number of nitrogens with two attached hydrogens (primary N) is 1. The maximum absolute atomic E-state index is 14.2. The predicted octanol–water partition coefficient (Wildman–Crippen LogP) is 4.89. The normalized spacial score (nSPS) is 23.2. The highest BCUT2D eigenvalue weighted by atomic mass is 32.2. The van der Waals surface area contributed by atoms with Crippen LogP contribution in [0.5, 0.6) is 5.88 Å². The molecule has 14 nitrogen and oxygen atoms in total. The fourth-order valence-electron chi connectivity index (χ4n) is 7.40. The maximum Gasteiger partial charge on any atom is 0.408 e. The lowest BCUT2D eigenvalue weighted by Crippen LogP contribution is -2.53. The maximum atomic E-state index is 14.2. The third-order valence-corrected chi connectivity index (χ3v) is 13.3. The van der Waals surface area contributed by atoms with Crippen LogP contribution in [0.1, 0.15) is 110 Å². The van der Waals surface area contributed by atoms with E-state index in [1.807, 2.05) is 42.5 Å². The molecule has 0 radical (unpaired) electrons. The highest BCUT2D eigenvalue weighted by Gasteiger charge is 2.52. The van der Waals surface area contributed by atoms with E-state index in [4.69, 9.17) is 25.2 Å². The zero-order valence-corrected chi connectivity index (χ0v) is 33.7. The third-order valence-electron chi connectivity index (χ3n) is 11.1. The lowest BCUT2D eigenvalue weighted by Gasteiger charge is -2.28. The van der Waals surface area contributed by atoms with Crippen molar-refractivity contribution in [2.75, 3.05) is 6.54 Å². The van der Waals surface area contributed by atoms with E-state index in [1.165, 1.54) is 4.90 Å². The first-order valence-corrected chi connectivity index (χ1v) is 21.5. The van der Waals surface area contributed by atoms with Gasteiger partial charge < -0.3 is 25.4 Å². The number of fused-ring (bicyclic) bond motifs is 1. The molecule has 15 heteroatoms. The van der Waals surface area contributed by atoms with Gasteiger partial charge in [-0.25, -0.2) is 18.2 Å². The number of hydrogen-bond acceptors (Lipinski definition) is 10. The van der Waals surface area contributed by atoms with E-state index in [0.29, 0.717) is 43.8 Å². The number of aromatic nitrogens is 2. The molecule has 2 heterocycles. The summed E-state index contributed by atoms with van der Waals surface area (Å²) in [5.74, 6) is -0.801. The van der Waals surface area contributed by atoms with Crippen molar-refractivity contribution in [3.8, 4) is 17.3 Å². The van der Waals surface area contributed by atoms with Crippen LogP contribution in [0.25, 0.3) is 11.4 Å². The van der Waals surface area contributed by atoms with Gasteiger partial charge >= 0.3 is 6.09 Å². The Morgan fingerprint density at radius 2 is 1.77 bits per heavy atom. The van der Waals surface area contributed by atoms with Crippen LogP contribution in [-0.4, -0.2) is 82.2 Å². The van der Waals surface area contributed by atoms with Crippen LogP contribution < -0.4 is 20.5 Å². The minimum Gasteiger partial charge on any atom is -0.472 e. The van der Waals surface area contributed by atoms with E-state index in [-0.39, 0.29) is 24.8 Å². The summed E-state index contributed by atoms with van der Waals surface area (Å²) in [5, 5.41) is 2.75. The van der Waals surface area contributed by atoms with E-state index in [2.05, 4.69) is 10.0 Å². The molecular formula is C41H56N6O8S. The highest BCUT2D eigenvalue weighted by molar-refractivity contribution is 7.91. The first kappa shape index (κ1) is 41.1. The summed E-state index contributed by atoms with van der Waals surface area (Å²) in [4.78, 5) is 63.5. The molecule has 3 aliphatic carbocycles. The van der Waals surface area contributed by atoms with Gasteiger partial charge in [0.15, 0.2) is 5.82 Å². The number of allylic oxidation sites excluding steroid dienone is 2. The molecule has 1 saturated heterocycles. The number of alkyl carbamates (subject to hydrolysis) is 1. The first-order chi connectivity index (χ1) is 26.5. The molecular weight excluding hydrogens is 737 g/mol. The molecule has 56 heavy (non-hydrogen) atoms. The molecule has 6 rings (SSSR count). The minimum atomic E-state index is -3.64. The molecule has 2 aromatic rings. The summed E-state index contributed by atoms with van der Waals surface area (Å²) in [6.07, 6.45) is 11.5. The Labute approximate surface area is 329 Å². The largest absolute Gasteiger partial charge is 0.472 e. The van der Waals surface area contributed by atoms with Crippen molar-refractivity contribution in [3.63, 3.8) is 0 Å². The van der Waals surface area contributed by atoms with Crippen molar-refractivity contribution in [2.45, 2.75) is 140 Å². The second kappa shape index (κ2) is 16.9. The predicted molar refractivity (Wildman–Crippen MR) is 210 cm³/mol. The van der Waals surface area contributed by atoms with E-state index >= 15 is 0 Å². The smallest absolute Gasteiger partial charge is 0.408 e. The fraction of sp³-hybridized carbons (Fsp3) is 0.610. The number of sulfonamides is 1. The molecule has 1 aromatic carbocycles. The zero-order chi connectivity index (χ0) is 40.3. The average molecular weight is 793 g/mol. The molecule has 4 aliphatic rings. The molecule has 304 valence electrons. The monoisotopic (exact) mass is 792 g/mol. The number of carbonyl (C=O) groups is 4. The Bertz CT molecular complexity index is 1930. The molecule has 2 saturated carbocycles. The Morgan fingerprint density at radius 1 is 1.04 bits per heavy atom. The summed E-state index contributed by atoms with van der Waals surface area (Å²) in [6, 6.07) is 7.78. The van der Waals surface area contributed by atoms with Crippen LogP contribution in [0, 0.1) is 11.8 Å². The second-order valence-electron chi connectivity index (χ2n) is 16.9. The van der Waals surface area contributed by atoms with Crippen LogP contribution in [0.15, 0.2) is 42.5 Å². The van der Waals surface area contributed by atoms with Gasteiger partial charge in [-0.05, 0) is 97.8 Å². The number of unbranched alkanes of at least 4 members (excludes halogenated alkanes) is 3. The lowest BCUT2D eigenvalue weighted by atomic mass is 9.96. The van der Waals surface area contributed by atoms with Gasteiger partial charge in [-0.15, -0.1) is 0 Å². The SMILES string of the molecule is CC(C)(C)OC(=O)N[C@@H](CCCCC/C=C\[C@@H]1C[C@@H]1C(=O)NS(=O)(=O)C1(C)CC1)C(=O)N1C[C@H](Oc2nc(-c3ccccc3)nc3c2CCCC3)C[C@H]1C(N)=O. The molecule has 0 unspecified atom stereocenters. The van der Waals surface area contributed by atoms with Gasteiger partial charge in [0.2, 0.25) is 33.6 Å². The first-order valence-electron chi connectivity index (χ1n) is 20.0. The van der Waals surface area contributed by atoms with Gasteiger partial charge in [0.25, 0.3) is 0 Å². The quantitative estimate of drug-likeness (QED) is 0.155. The number of amides is 4. The number of nitrogens with zero attached hydrogens (tertiary/aromatic N) is 3. The molecule has 1 aromatic heterocycles. The minimum absolute atomic E-state index is 0.0226.